The lowest BCUT2D eigenvalue weighted by atomic mass is 9.84. The van der Waals surface area contributed by atoms with E-state index in [1.807, 2.05) is 12.1 Å². The Balaban J connectivity index is 0.00000320. The maximum absolute atomic E-state index is 14.2. The summed E-state index contributed by atoms with van der Waals surface area (Å²) >= 11 is 0. The van der Waals surface area contributed by atoms with Crippen molar-refractivity contribution >= 4 is 29.9 Å². The number of guanidine groups is 1. The molecule has 2 aliphatic heterocycles. The molecular formula is C23H37FIN3O2. The maximum atomic E-state index is 14.2. The Morgan fingerprint density at radius 3 is 2.60 bits per heavy atom. The van der Waals surface area contributed by atoms with Gasteiger partial charge in [0.25, 0.3) is 0 Å². The van der Waals surface area contributed by atoms with Crippen LogP contribution in [-0.2, 0) is 14.9 Å². The van der Waals surface area contributed by atoms with Crippen molar-refractivity contribution in [1.29, 1.82) is 0 Å². The zero-order valence-electron chi connectivity index (χ0n) is 18.5. The van der Waals surface area contributed by atoms with Gasteiger partial charge in [0.2, 0.25) is 0 Å². The highest BCUT2D eigenvalue weighted by atomic mass is 127. The summed E-state index contributed by atoms with van der Waals surface area (Å²) in [5.41, 5.74) is 0.392. The average molecular weight is 533 g/mol. The SMILES string of the molecule is CN=C(NCC(C)(C)c1ccccc1F)N1CCC(OCC2CCCCO2)CC1.I. The first-order valence-electron chi connectivity index (χ1n) is 10.9. The summed E-state index contributed by atoms with van der Waals surface area (Å²) in [6, 6.07) is 7.00. The normalized spacial score (nSPS) is 21.3. The molecule has 1 unspecified atom stereocenters. The van der Waals surface area contributed by atoms with E-state index in [2.05, 4.69) is 29.1 Å². The van der Waals surface area contributed by atoms with E-state index in [4.69, 9.17) is 9.47 Å². The number of piperidine rings is 1. The molecule has 1 atom stereocenters. The Hall–Kier alpha value is -0.930. The molecule has 0 radical (unpaired) electrons. The lowest BCUT2D eigenvalue weighted by Crippen LogP contribution is -2.49. The number of nitrogens with zero attached hydrogens (tertiary/aromatic N) is 2. The summed E-state index contributed by atoms with van der Waals surface area (Å²) in [6.07, 6.45) is 6.09. The second kappa shape index (κ2) is 12.2. The van der Waals surface area contributed by atoms with Crippen LogP contribution < -0.4 is 5.32 Å². The van der Waals surface area contributed by atoms with Crippen LogP contribution in [0, 0.1) is 5.82 Å². The Morgan fingerprint density at radius 1 is 1.23 bits per heavy atom. The van der Waals surface area contributed by atoms with Crippen LogP contribution in [-0.4, -0.2) is 63.0 Å². The number of ether oxygens (including phenoxy) is 2. The van der Waals surface area contributed by atoms with Gasteiger partial charge in [0.05, 0.1) is 18.8 Å². The molecule has 5 nitrogen and oxygen atoms in total. The summed E-state index contributed by atoms with van der Waals surface area (Å²) in [5.74, 6) is 0.720. The lowest BCUT2D eigenvalue weighted by molar-refractivity contribution is -0.0721. The zero-order chi connectivity index (χ0) is 20.7. The molecule has 1 aromatic carbocycles. The van der Waals surface area contributed by atoms with Gasteiger partial charge in [-0.3, -0.25) is 4.99 Å². The number of hydrogen-bond donors (Lipinski definition) is 1. The molecule has 2 aliphatic rings. The molecule has 170 valence electrons. The van der Waals surface area contributed by atoms with Crippen molar-refractivity contribution in [3.8, 4) is 0 Å². The molecule has 0 amide bonds. The molecule has 1 aromatic rings. The van der Waals surface area contributed by atoms with Crippen LogP contribution in [0.2, 0.25) is 0 Å². The van der Waals surface area contributed by atoms with Crippen molar-refractivity contribution in [1.82, 2.24) is 10.2 Å². The summed E-state index contributed by atoms with van der Waals surface area (Å²) in [6.45, 7) is 8.15. The molecule has 2 saturated heterocycles. The van der Waals surface area contributed by atoms with Gasteiger partial charge in [-0.2, -0.15) is 0 Å². The summed E-state index contributed by atoms with van der Waals surface area (Å²) in [4.78, 5) is 6.72. The largest absolute Gasteiger partial charge is 0.376 e. The Labute approximate surface area is 197 Å². The van der Waals surface area contributed by atoms with Crippen LogP contribution in [0.25, 0.3) is 0 Å². The van der Waals surface area contributed by atoms with E-state index in [9.17, 15) is 4.39 Å². The van der Waals surface area contributed by atoms with E-state index in [0.29, 0.717) is 19.3 Å². The fourth-order valence-electron chi connectivity index (χ4n) is 4.15. The van der Waals surface area contributed by atoms with Crippen LogP contribution in [0.1, 0.15) is 51.5 Å². The van der Waals surface area contributed by atoms with E-state index in [0.717, 1.165) is 50.5 Å². The van der Waals surface area contributed by atoms with Gasteiger partial charge in [-0.25, -0.2) is 4.39 Å². The molecule has 0 aromatic heterocycles. The van der Waals surface area contributed by atoms with Gasteiger partial charge >= 0.3 is 0 Å². The minimum Gasteiger partial charge on any atom is -0.376 e. The molecule has 7 heteroatoms. The lowest BCUT2D eigenvalue weighted by Gasteiger charge is -2.36. The minimum atomic E-state index is -0.331. The predicted molar refractivity (Wildman–Crippen MR) is 130 cm³/mol. The number of aliphatic imine (C=N–C) groups is 1. The van der Waals surface area contributed by atoms with Crippen molar-refractivity contribution < 1.29 is 13.9 Å². The molecule has 30 heavy (non-hydrogen) atoms. The quantitative estimate of drug-likeness (QED) is 0.336. The molecule has 0 saturated carbocycles. The highest BCUT2D eigenvalue weighted by Crippen LogP contribution is 2.25. The first kappa shape index (κ1) is 25.3. The molecular weight excluding hydrogens is 496 g/mol. The summed E-state index contributed by atoms with van der Waals surface area (Å²) < 4.78 is 26.1. The first-order chi connectivity index (χ1) is 14.0. The molecule has 2 fully saturated rings. The van der Waals surface area contributed by atoms with Gasteiger partial charge in [0.15, 0.2) is 5.96 Å². The van der Waals surface area contributed by atoms with Crippen LogP contribution in [0.5, 0.6) is 0 Å². The van der Waals surface area contributed by atoms with E-state index >= 15 is 0 Å². The Kier molecular flexibility index (Phi) is 10.3. The topological polar surface area (TPSA) is 46.1 Å². The summed E-state index contributed by atoms with van der Waals surface area (Å²) in [5, 5.41) is 3.45. The standard InChI is InChI=1S/C23H36FN3O2.HI/c1-23(2,20-9-4-5-10-21(20)24)17-26-22(25-3)27-13-11-18(12-14-27)29-16-19-8-6-7-15-28-19;/h4-5,9-10,18-19H,6-8,11-17H2,1-3H3,(H,25,26);1H. The van der Waals surface area contributed by atoms with Crippen molar-refractivity contribution in [3.05, 3.63) is 35.6 Å². The number of rotatable bonds is 6. The van der Waals surface area contributed by atoms with Gasteiger partial charge in [-0.1, -0.05) is 32.0 Å². The summed E-state index contributed by atoms with van der Waals surface area (Å²) in [7, 11) is 1.81. The van der Waals surface area contributed by atoms with Gasteiger partial charge in [0, 0.05) is 38.7 Å². The second-order valence-electron chi connectivity index (χ2n) is 8.77. The number of halogens is 2. The molecule has 0 spiro atoms. The third kappa shape index (κ3) is 7.05. The highest BCUT2D eigenvalue weighted by Gasteiger charge is 2.27. The maximum Gasteiger partial charge on any atom is 0.193 e. The van der Waals surface area contributed by atoms with E-state index in [-0.39, 0.29) is 41.3 Å². The molecule has 0 aliphatic carbocycles. The Morgan fingerprint density at radius 2 is 1.97 bits per heavy atom. The van der Waals surface area contributed by atoms with Gasteiger partial charge < -0.3 is 19.7 Å². The van der Waals surface area contributed by atoms with Crippen molar-refractivity contribution in [2.75, 3.05) is 39.9 Å². The molecule has 0 bridgehead atoms. The van der Waals surface area contributed by atoms with Crippen molar-refractivity contribution in [2.45, 2.75) is 63.6 Å². The number of hydrogen-bond acceptors (Lipinski definition) is 3. The van der Waals surface area contributed by atoms with Crippen molar-refractivity contribution in [3.63, 3.8) is 0 Å². The zero-order valence-corrected chi connectivity index (χ0v) is 20.9. The van der Waals surface area contributed by atoms with Crippen LogP contribution in [0.4, 0.5) is 4.39 Å². The fraction of sp³-hybridized carbons (Fsp3) is 0.696. The average Bonchev–Trinajstić information content (AvgIpc) is 2.74. The number of benzene rings is 1. The van der Waals surface area contributed by atoms with Crippen molar-refractivity contribution in [2.24, 2.45) is 4.99 Å². The molecule has 3 rings (SSSR count). The second-order valence-corrected chi connectivity index (χ2v) is 8.77. The minimum absolute atomic E-state index is 0. The number of likely N-dealkylation sites (tertiary alicyclic amines) is 1. The third-order valence-corrected chi connectivity index (χ3v) is 6.04. The first-order valence-corrected chi connectivity index (χ1v) is 10.9. The van der Waals surface area contributed by atoms with Crippen LogP contribution in [0.15, 0.2) is 29.3 Å². The van der Waals surface area contributed by atoms with E-state index < -0.39 is 0 Å². The predicted octanol–water partition coefficient (Wildman–Crippen LogP) is 4.35. The monoisotopic (exact) mass is 533 g/mol. The van der Waals surface area contributed by atoms with Crippen LogP contribution in [0.3, 0.4) is 0 Å². The Bertz CT molecular complexity index is 672. The number of nitrogens with one attached hydrogen (secondary N) is 1. The smallest absolute Gasteiger partial charge is 0.193 e. The van der Waals surface area contributed by atoms with Gasteiger partial charge in [-0.05, 0) is 43.7 Å². The van der Waals surface area contributed by atoms with E-state index in [1.165, 1.54) is 18.9 Å². The fourth-order valence-corrected chi connectivity index (χ4v) is 4.15. The van der Waals surface area contributed by atoms with Gasteiger partial charge in [-0.15, -0.1) is 24.0 Å². The molecule has 1 N–H and O–H groups in total. The van der Waals surface area contributed by atoms with E-state index in [1.54, 1.807) is 13.1 Å². The third-order valence-electron chi connectivity index (χ3n) is 6.04. The highest BCUT2D eigenvalue weighted by molar-refractivity contribution is 14.0. The van der Waals surface area contributed by atoms with Gasteiger partial charge in [0.1, 0.15) is 5.82 Å². The molecule has 2 heterocycles. The van der Waals surface area contributed by atoms with Crippen LogP contribution >= 0.6 is 24.0 Å².